The van der Waals surface area contributed by atoms with E-state index in [9.17, 15) is 10.2 Å². The molecule has 0 unspecified atom stereocenters. The van der Waals surface area contributed by atoms with Crippen molar-refractivity contribution in [3.63, 3.8) is 0 Å². The Labute approximate surface area is 130 Å². The van der Waals surface area contributed by atoms with E-state index in [2.05, 4.69) is 10.0 Å². The molecule has 0 saturated heterocycles. The van der Waals surface area contributed by atoms with Gasteiger partial charge in [0.25, 0.3) is 0 Å². The van der Waals surface area contributed by atoms with Gasteiger partial charge in [-0.3, -0.25) is 0 Å². The number of benzene rings is 1. The van der Waals surface area contributed by atoms with Crippen LogP contribution in [0.4, 0.5) is 0 Å². The minimum atomic E-state index is -1.12. The number of rotatable bonds is 7. The Hall–Kier alpha value is -1.75. The van der Waals surface area contributed by atoms with Gasteiger partial charge in [0.05, 0.1) is 19.3 Å². The fourth-order valence-electron chi connectivity index (χ4n) is 2.80. The highest BCUT2D eigenvalue weighted by molar-refractivity contribution is 5.30. The minimum Gasteiger partial charge on any atom is -0.493 e. The third-order valence-corrected chi connectivity index (χ3v) is 4.11. The van der Waals surface area contributed by atoms with Crippen LogP contribution in [0, 0.1) is 5.92 Å². The van der Waals surface area contributed by atoms with E-state index in [0.29, 0.717) is 23.8 Å². The monoisotopic (exact) mass is 305 g/mol. The highest BCUT2D eigenvalue weighted by Crippen LogP contribution is 2.26. The van der Waals surface area contributed by atoms with Crippen LogP contribution in [-0.2, 0) is 0 Å². The average molecular weight is 305 g/mol. The lowest BCUT2D eigenvalue weighted by Crippen LogP contribution is -2.21. The molecule has 0 bridgehead atoms. The van der Waals surface area contributed by atoms with Crippen LogP contribution in [0.2, 0.25) is 0 Å². The van der Waals surface area contributed by atoms with Crippen LogP contribution in [-0.4, -0.2) is 29.5 Å². The van der Waals surface area contributed by atoms with Crippen LogP contribution < -0.4 is 4.74 Å². The first-order valence-electron chi connectivity index (χ1n) is 7.80. The van der Waals surface area contributed by atoms with Gasteiger partial charge in [-0.25, -0.2) is 0 Å². The van der Waals surface area contributed by atoms with Crippen molar-refractivity contribution in [1.29, 1.82) is 0 Å². The van der Waals surface area contributed by atoms with Crippen molar-refractivity contribution < 1.29 is 14.9 Å². The number of aliphatic hydroxyl groups excluding tert-OH is 2. The van der Waals surface area contributed by atoms with E-state index in [1.54, 1.807) is 18.2 Å². The van der Waals surface area contributed by atoms with Crippen molar-refractivity contribution in [3.8, 4) is 5.75 Å². The first kappa shape index (κ1) is 16.6. The second kappa shape index (κ2) is 8.63. The van der Waals surface area contributed by atoms with Crippen LogP contribution >= 0.6 is 0 Å². The Balaban J connectivity index is 1.92. The molecule has 1 aromatic rings. The Bertz CT molecular complexity index is 511. The fraction of sp³-hybridized carbons (Fsp3) is 0.625. The molecule has 120 valence electrons. The molecule has 0 aromatic heterocycles. The first-order valence-corrected chi connectivity index (χ1v) is 7.80. The minimum absolute atomic E-state index is 0.162. The van der Waals surface area contributed by atoms with Gasteiger partial charge in [-0.2, -0.15) is 0 Å². The predicted octanol–water partition coefficient (Wildman–Crippen LogP) is 3.35. The normalized spacial score (nSPS) is 18.3. The standard InChI is InChI=1S/C16H23N3O3/c17-19-18-10-15(20)16(21)13-7-4-8-14(9-13)22-11-12-5-2-1-3-6-12/h4,7-9,12,15-16,20-21H,1-3,5-6,10-11H2/t15-,16-/m1/s1. The fourth-order valence-corrected chi connectivity index (χ4v) is 2.80. The van der Waals surface area contributed by atoms with E-state index in [0.717, 1.165) is 0 Å². The maximum absolute atomic E-state index is 10.1. The second-order valence-corrected chi connectivity index (χ2v) is 5.81. The van der Waals surface area contributed by atoms with E-state index >= 15 is 0 Å². The number of hydrogen-bond acceptors (Lipinski definition) is 4. The molecule has 1 aromatic carbocycles. The average Bonchev–Trinajstić information content (AvgIpc) is 2.58. The van der Waals surface area contributed by atoms with Crippen LogP contribution in [0.15, 0.2) is 29.4 Å². The lowest BCUT2D eigenvalue weighted by atomic mass is 9.90. The zero-order valence-corrected chi connectivity index (χ0v) is 12.6. The first-order chi connectivity index (χ1) is 10.7. The molecule has 1 fully saturated rings. The summed E-state index contributed by atoms with van der Waals surface area (Å²) in [5.74, 6) is 1.30. The zero-order valence-electron chi connectivity index (χ0n) is 12.6. The Morgan fingerprint density at radius 2 is 2.05 bits per heavy atom. The second-order valence-electron chi connectivity index (χ2n) is 5.81. The Morgan fingerprint density at radius 1 is 1.27 bits per heavy atom. The van der Waals surface area contributed by atoms with Crippen molar-refractivity contribution in [2.24, 2.45) is 11.0 Å². The molecular weight excluding hydrogens is 282 g/mol. The quantitative estimate of drug-likeness (QED) is 0.459. The summed E-state index contributed by atoms with van der Waals surface area (Å²) in [5.41, 5.74) is 8.81. The van der Waals surface area contributed by atoms with Crippen molar-refractivity contribution in [2.75, 3.05) is 13.2 Å². The van der Waals surface area contributed by atoms with Gasteiger partial charge in [-0.15, -0.1) is 0 Å². The van der Waals surface area contributed by atoms with Gasteiger partial charge in [0.15, 0.2) is 0 Å². The smallest absolute Gasteiger partial charge is 0.119 e. The van der Waals surface area contributed by atoms with Crippen LogP contribution in [0.1, 0.15) is 43.8 Å². The third kappa shape index (κ3) is 4.91. The molecule has 2 N–H and O–H groups in total. The molecule has 2 rings (SSSR count). The Morgan fingerprint density at radius 3 is 2.77 bits per heavy atom. The van der Waals surface area contributed by atoms with Crippen molar-refractivity contribution in [1.82, 2.24) is 0 Å². The van der Waals surface area contributed by atoms with Crippen LogP contribution in [0.25, 0.3) is 10.4 Å². The van der Waals surface area contributed by atoms with E-state index < -0.39 is 12.2 Å². The molecule has 6 heteroatoms. The van der Waals surface area contributed by atoms with E-state index in [-0.39, 0.29) is 6.54 Å². The van der Waals surface area contributed by atoms with Gasteiger partial charge in [-0.1, -0.05) is 36.5 Å². The number of azide groups is 1. The largest absolute Gasteiger partial charge is 0.493 e. The molecule has 22 heavy (non-hydrogen) atoms. The summed E-state index contributed by atoms with van der Waals surface area (Å²) in [6.07, 6.45) is 4.09. The third-order valence-electron chi connectivity index (χ3n) is 4.11. The lowest BCUT2D eigenvalue weighted by molar-refractivity contribution is 0.0242. The van der Waals surface area contributed by atoms with Crippen molar-refractivity contribution >= 4 is 0 Å². The number of nitrogens with zero attached hydrogens (tertiary/aromatic N) is 3. The summed E-state index contributed by atoms with van der Waals surface area (Å²) in [6, 6.07) is 7.08. The lowest BCUT2D eigenvalue weighted by Gasteiger charge is -2.22. The summed E-state index contributed by atoms with van der Waals surface area (Å²) in [5, 5.41) is 23.1. The maximum Gasteiger partial charge on any atom is 0.119 e. The number of hydrogen-bond donors (Lipinski definition) is 2. The maximum atomic E-state index is 10.1. The van der Waals surface area contributed by atoms with Gasteiger partial charge in [0.2, 0.25) is 0 Å². The molecule has 6 nitrogen and oxygen atoms in total. The highest BCUT2D eigenvalue weighted by atomic mass is 16.5. The molecule has 1 saturated carbocycles. The Kier molecular flexibility index (Phi) is 6.52. The van der Waals surface area contributed by atoms with E-state index in [1.165, 1.54) is 32.1 Å². The molecule has 1 aliphatic rings. The molecule has 0 aliphatic heterocycles. The van der Waals surface area contributed by atoms with Gasteiger partial charge in [-0.05, 0) is 42.0 Å². The van der Waals surface area contributed by atoms with Crippen LogP contribution in [0.5, 0.6) is 5.75 Å². The van der Waals surface area contributed by atoms with Gasteiger partial charge in [0.1, 0.15) is 11.9 Å². The molecular formula is C16H23N3O3. The molecule has 1 aliphatic carbocycles. The highest BCUT2D eigenvalue weighted by Gasteiger charge is 2.18. The number of ether oxygens (including phenoxy) is 1. The van der Waals surface area contributed by atoms with Gasteiger partial charge >= 0.3 is 0 Å². The summed E-state index contributed by atoms with van der Waals surface area (Å²) >= 11 is 0. The zero-order chi connectivity index (χ0) is 15.8. The summed E-state index contributed by atoms with van der Waals surface area (Å²) < 4.78 is 5.82. The van der Waals surface area contributed by atoms with E-state index in [4.69, 9.17) is 10.3 Å². The molecule has 2 atom stereocenters. The molecule has 0 amide bonds. The van der Waals surface area contributed by atoms with Gasteiger partial charge < -0.3 is 14.9 Å². The molecule has 0 radical (unpaired) electrons. The van der Waals surface area contributed by atoms with Crippen molar-refractivity contribution in [2.45, 2.75) is 44.3 Å². The van der Waals surface area contributed by atoms with Crippen molar-refractivity contribution in [3.05, 3.63) is 40.3 Å². The SMILES string of the molecule is [N-]=[N+]=NC[C@@H](O)[C@H](O)c1cccc(OCC2CCCCC2)c1. The summed E-state index contributed by atoms with van der Waals surface area (Å²) in [7, 11) is 0. The summed E-state index contributed by atoms with van der Waals surface area (Å²) in [4.78, 5) is 2.58. The van der Waals surface area contributed by atoms with E-state index in [1.807, 2.05) is 6.07 Å². The topological polar surface area (TPSA) is 98.5 Å². The van der Waals surface area contributed by atoms with Gasteiger partial charge in [0, 0.05) is 4.91 Å². The number of aliphatic hydroxyl groups is 2. The van der Waals surface area contributed by atoms with Crippen LogP contribution in [0.3, 0.4) is 0 Å². The summed E-state index contributed by atoms with van der Waals surface area (Å²) in [6.45, 7) is 0.533. The molecule has 0 spiro atoms. The molecule has 0 heterocycles. The predicted molar refractivity (Wildman–Crippen MR) is 83.5 cm³/mol.